The molecule has 3 aliphatic rings. The maximum absolute atomic E-state index is 5.68. The Morgan fingerprint density at radius 3 is 2.93 bits per heavy atom. The summed E-state index contributed by atoms with van der Waals surface area (Å²) in [6.07, 6.45) is 5.18. The molecule has 0 aromatic carbocycles. The number of allylic oxidation sites excluding steroid dienone is 2. The monoisotopic (exact) mass is 206 g/mol. The third-order valence-electron chi connectivity index (χ3n) is 4.94. The van der Waals surface area contributed by atoms with Gasteiger partial charge in [-0.1, -0.05) is 32.4 Å². The van der Waals surface area contributed by atoms with E-state index in [4.69, 9.17) is 4.74 Å². The average molecular weight is 206 g/mol. The molecular formula is C14H22O. The fourth-order valence-corrected chi connectivity index (χ4v) is 4.41. The van der Waals surface area contributed by atoms with Gasteiger partial charge < -0.3 is 4.74 Å². The highest BCUT2D eigenvalue weighted by atomic mass is 16.5. The van der Waals surface area contributed by atoms with Gasteiger partial charge in [-0.05, 0) is 41.9 Å². The second-order valence-electron chi connectivity index (χ2n) is 6.45. The molecule has 0 bridgehead atoms. The van der Waals surface area contributed by atoms with E-state index in [2.05, 4.69) is 26.8 Å². The summed E-state index contributed by atoms with van der Waals surface area (Å²) in [7, 11) is 0. The van der Waals surface area contributed by atoms with Crippen LogP contribution in [0.3, 0.4) is 0 Å². The van der Waals surface area contributed by atoms with Crippen molar-refractivity contribution in [2.75, 3.05) is 13.2 Å². The molecule has 3 rings (SSSR count). The second kappa shape index (κ2) is 3.10. The summed E-state index contributed by atoms with van der Waals surface area (Å²) in [6, 6.07) is 0. The number of ether oxygens (including phenoxy) is 1. The van der Waals surface area contributed by atoms with Gasteiger partial charge >= 0.3 is 0 Å². The van der Waals surface area contributed by atoms with E-state index < -0.39 is 0 Å². The Morgan fingerprint density at radius 2 is 2.13 bits per heavy atom. The zero-order valence-electron chi connectivity index (χ0n) is 10.1. The van der Waals surface area contributed by atoms with Gasteiger partial charge in [0.1, 0.15) is 0 Å². The maximum atomic E-state index is 5.68. The maximum Gasteiger partial charge on any atom is 0.0503 e. The van der Waals surface area contributed by atoms with Gasteiger partial charge in [0, 0.05) is 0 Å². The largest absolute Gasteiger partial charge is 0.381 e. The lowest BCUT2D eigenvalue weighted by Crippen LogP contribution is -2.29. The van der Waals surface area contributed by atoms with Gasteiger partial charge in [0.05, 0.1) is 13.2 Å². The molecule has 1 nitrogen and oxygen atoms in total. The van der Waals surface area contributed by atoms with Gasteiger partial charge in [0.15, 0.2) is 0 Å². The Balaban J connectivity index is 1.98. The normalized spacial score (nSPS) is 47.3. The van der Waals surface area contributed by atoms with Crippen molar-refractivity contribution in [1.82, 2.24) is 0 Å². The highest BCUT2D eigenvalue weighted by molar-refractivity contribution is 5.26. The minimum absolute atomic E-state index is 0.456. The molecule has 0 amide bonds. The number of hydrogen-bond acceptors (Lipinski definition) is 1. The van der Waals surface area contributed by atoms with E-state index in [1.165, 1.54) is 12.8 Å². The topological polar surface area (TPSA) is 9.23 Å². The third-order valence-corrected chi connectivity index (χ3v) is 4.94. The van der Waals surface area contributed by atoms with Gasteiger partial charge in [-0.2, -0.15) is 0 Å². The zero-order chi connectivity index (χ0) is 10.6. The van der Waals surface area contributed by atoms with Crippen molar-refractivity contribution in [1.29, 1.82) is 0 Å². The van der Waals surface area contributed by atoms with Crippen LogP contribution in [0.1, 0.15) is 33.6 Å². The predicted octanol–water partition coefficient (Wildman–Crippen LogP) is 3.26. The van der Waals surface area contributed by atoms with Crippen LogP contribution in [-0.2, 0) is 4.74 Å². The van der Waals surface area contributed by atoms with Crippen LogP contribution in [-0.4, -0.2) is 13.2 Å². The van der Waals surface area contributed by atoms with Crippen molar-refractivity contribution in [3.05, 3.63) is 11.6 Å². The van der Waals surface area contributed by atoms with Crippen molar-refractivity contribution in [3.8, 4) is 0 Å². The lowest BCUT2D eigenvalue weighted by Gasteiger charge is -2.34. The second-order valence-corrected chi connectivity index (χ2v) is 6.45. The van der Waals surface area contributed by atoms with Gasteiger partial charge in [-0.3, -0.25) is 0 Å². The highest BCUT2D eigenvalue weighted by Gasteiger charge is 2.50. The molecule has 2 aliphatic carbocycles. The van der Waals surface area contributed by atoms with Crippen molar-refractivity contribution >= 4 is 0 Å². The molecular weight excluding hydrogens is 184 g/mol. The number of fused-ring (bicyclic) bond motifs is 3. The molecule has 15 heavy (non-hydrogen) atoms. The molecule has 1 heteroatoms. The first-order valence-electron chi connectivity index (χ1n) is 6.38. The molecule has 4 unspecified atom stereocenters. The van der Waals surface area contributed by atoms with E-state index in [1.54, 1.807) is 5.57 Å². The van der Waals surface area contributed by atoms with Gasteiger partial charge in [-0.15, -0.1) is 0 Å². The Kier molecular flexibility index (Phi) is 2.04. The zero-order valence-corrected chi connectivity index (χ0v) is 10.1. The van der Waals surface area contributed by atoms with E-state index in [0.29, 0.717) is 5.41 Å². The highest BCUT2D eigenvalue weighted by Crippen LogP contribution is 2.57. The summed E-state index contributed by atoms with van der Waals surface area (Å²) in [4.78, 5) is 0. The molecule has 4 atom stereocenters. The summed E-state index contributed by atoms with van der Waals surface area (Å²) in [5, 5.41) is 0. The van der Waals surface area contributed by atoms with Gasteiger partial charge in [0.2, 0.25) is 0 Å². The Hall–Kier alpha value is -0.300. The summed E-state index contributed by atoms with van der Waals surface area (Å²) < 4.78 is 5.68. The summed E-state index contributed by atoms with van der Waals surface area (Å²) >= 11 is 0. The van der Waals surface area contributed by atoms with Gasteiger partial charge in [0.25, 0.3) is 0 Å². The Morgan fingerprint density at radius 1 is 1.33 bits per heavy atom. The van der Waals surface area contributed by atoms with Crippen LogP contribution in [0, 0.1) is 29.1 Å². The van der Waals surface area contributed by atoms with E-state index >= 15 is 0 Å². The lowest BCUT2D eigenvalue weighted by atomic mass is 9.69. The van der Waals surface area contributed by atoms with Crippen LogP contribution < -0.4 is 0 Å². The summed E-state index contributed by atoms with van der Waals surface area (Å²) in [6.45, 7) is 9.32. The molecule has 0 aromatic rings. The number of rotatable bonds is 0. The average Bonchev–Trinajstić information content (AvgIpc) is 2.69. The van der Waals surface area contributed by atoms with Gasteiger partial charge in [-0.25, -0.2) is 0 Å². The van der Waals surface area contributed by atoms with Crippen molar-refractivity contribution in [2.24, 2.45) is 29.1 Å². The van der Waals surface area contributed by atoms with Crippen molar-refractivity contribution in [3.63, 3.8) is 0 Å². The predicted molar refractivity (Wildman–Crippen MR) is 61.6 cm³/mol. The first-order chi connectivity index (χ1) is 7.09. The fraction of sp³-hybridized carbons (Fsp3) is 0.857. The Bertz CT molecular complexity index is 302. The molecule has 0 spiro atoms. The lowest BCUT2D eigenvalue weighted by molar-refractivity contribution is 0.170. The Labute approximate surface area is 92.9 Å². The molecule has 1 heterocycles. The first kappa shape index (κ1) is 9.89. The molecule has 0 N–H and O–H groups in total. The minimum Gasteiger partial charge on any atom is -0.381 e. The fourth-order valence-electron chi connectivity index (χ4n) is 4.41. The molecule has 0 radical (unpaired) electrons. The quantitative estimate of drug-likeness (QED) is 0.553. The van der Waals surface area contributed by atoms with Crippen LogP contribution in [0.25, 0.3) is 0 Å². The molecule has 2 fully saturated rings. The first-order valence-corrected chi connectivity index (χ1v) is 6.38. The van der Waals surface area contributed by atoms with E-state index in [1.807, 2.05) is 0 Å². The molecule has 0 aromatic heterocycles. The minimum atomic E-state index is 0.456. The SMILES string of the molecule is CC1CC(C)(C)C2=CCC3COCC3C21. The molecule has 1 saturated carbocycles. The molecule has 1 aliphatic heterocycles. The van der Waals surface area contributed by atoms with Crippen LogP contribution in [0.15, 0.2) is 11.6 Å². The van der Waals surface area contributed by atoms with Crippen molar-refractivity contribution in [2.45, 2.75) is 33.6 Å². The summed E-state index contributed by atoms with van der Waals surface area (Å²) in [5.74, 6) is 3.36. The third kappa shape index (κ3) is 1.32. The van der Waals surface area contributed by atoms with Crippen LogP contribution in [0.4, 0.5) is 0 Å². The van der Waals surface area contributed by atoms with Crippen LogP contribution >= 0.6 is 0 Å². The standard InChI is InChI=1S/C14H22O/c1-9-6-14(2,3)12-5-4-10-7-15-8-11(10)13(9)12/h5,9-11,13H,4,6-8H2,1-3H3. The van der Waals surface area contributed by atoms with Crippen LogP contribution in [0.2, 0.25) is 0 Å². The molecule has 84 valence electrons. The molecule has 1 saturated heterocycles. The summed E-state index contributed by atoms with van der Waals surface area (Å²) in [5.41, 5.74) is 2.21. The van der Waals surface area contributed by atoms with Crippen molar-refractivity contribution < 1.29 is 4.74 Å². The van der Waals surface area contributed by atoms with E-state index in [0.717, 1.165) is 36.9 Å². The van der Waals surface area contributed by atoms with E-state index in [9.17, 15) is 0 Å². The van der Waals surface area contributed by atoms with E-state index in [-0.39, 0.29) is 0 Å². The van der Waals surface area contributed by atoms with Crippen LogP contribution in [0.5, 0.6) is 0 Å². The smallest absolute Gasteiger partial charge is 0.0503 e. The number of hydrogen-bond donors (Lipinski definition) is 0.